The van der Waals surface area contributed by atoms with Gasteiger partial charge in [0.05, 0.1) is 11.7 Å². The Morgan fingerprint density at radius 1 is 1.30 bits per heavy atom. The average molecular weight is 433 g/mol. The number of fused-ring (bicyclic) bond motifs is 1. The number of carbonyl (C=O) groups is 1. The van der Waals surface area contributed by atoms with Crippen molar-refractivity contribution in [1.29, 1.82) is 0 Å². The van der Waals surface area contributed by atoms with Crippen LogP contribution in [0.5, 0.6) is 6.01 Å². The second kappa shape index (κ2) is 9.53. The van der Waals surface area contributed by atoms with Gasteiger partial charge in [0.1, 0.15) is 12.4 Å². The summed E-state index contributed by atoms with van der Waals surface area (Å²) >= 11 is 1.76. The molecule has 4 rings (SSSR count). The maximum Gasteiger partial charge on any atom is 0.318 e. The first-order valence-corrected chi connectivity index (χ1v) is 12.1. The highest BCUT2D eigenvalue weighted by atomic mass is 32.2. The maximum absolute atomic E-state index is 12.3. The Balaban J connectivity index is 1.53. The number of piperazine rings is 1. The molecular formula is C21H32N6O2S. The molecule has 1 aromatic rings. The highest BCUT2D eigenvalue weighted by Gasteiger charge is 2.32. The minimum absolute atomic E-state index is 0.00740. The lowest BCUT2D eigenvalue weighted by Crippen LogP contribution is -2.56. The van der Waals surface area contributed by atoms with E-state index < -0.39 is 0 Å². The van der Waals surface area contributed by atoms with Gasteiger partial charge in [-0.2, -0.15) is 21.7 Å². The summed E-state index contributed by atoms with van der Waals surface area (Å²) in [4.78, 5) is 28.4. The van der Waals surface area contributed by atoms with Crippen LogP contribution in [-0.4, -0.2) is 89.6 Å². The van der Waals surface area contributed by atoms with Crippen molar-refractivity contribution in [2.45, 2.75) is 38.0 Å². The number of nitrogens with zero attached hydrogens (tertiary/aromatic N) is 5. The fourth-order valence-electron chi connectivity index (χ4n) is 4.61. The largest absolute Gasteiger partial charge is 0.462 e. The van der Waals surface area contributed by atoms with Gasteiger partial charge in [0.25, 0.3) is 0 Å². The summed E-state index contributed by atoms with van der Waals surface area (Å²) in [5.74, 6) is 1.85. The lowest BCUT2D eigenvalue weighted by molar-refractivity contribution is -0.128. The van der Waals surface area contributed by atoms with Crippen LogP contribution in [0.2, 0.25) is 0 Å². The number of likely N-dealkylation sites (tertiary alicyclic amines) is 1. The molecule has 0 saturated carbocycles. The predicted molar refractivity (Wildman–Crippen MR) is 120 cm³/mol. The van der Waals surface area contributed by atoms with E-state index in [-0.39, 0.29) is 11.9 Å². The van der Waals surface area contributed by atoms with Gasteiger partial charge in [-0.3, -0.25) is 4.79 Å². The zero-order valence-corrected chi connectivity index (χ0v) is 18.8. The number of rotatable bonds is 7. The Kier molecular flexibility index (Phi) is 6.80. The van der Waals surface area contributed by atoms with Crippen LogP contribution in [0.3, 0.4) is 0 Å². The monoisotopic (exact) mass is 432 g/mol. The zero-order valence-electron chi connectivity index (χ0n) is 18.0. The quantitative estimate of drug-likeness (QED) is 0.643. The summed E-state index contributed by atoms with van der Waals surface area (Å²) < 4.78 is 6.07. The van der Waals surface area contributed by atoms with Crippen LogP contribution >= 0.6 is 11.8 Å². The summed E-state index contributed by atoms with van der Waals surface area (Å²) in [6.45, 7) is 9.11. The molecule has 1 aromatic heterocycles. The highest BCUT2D eigenvalue weighted by molar-refractivity contribution is 7.98. The average Bonchev–Trinajstić information content (AvgIpc) is 3.40. The number of amides is 1. The summed E-state index contributed by atoms with van der Waals surface area (Å²) in [5, 5.41) is 3.40. The second-order valence-corrected chi connectivity index (χ2v) is 9.15. The van der Waals surface area contributed by atoms with Gasteiger partial charge in [-0.1, -0.05) is 6.58 Å². The lowest BCUT2D eigenvalue weighted by atomic mass is 10.1. The van der Waals surface area contributed by atoms with Crippen LogP contribution in [0.25, 0.3) is 0 Å². The molecule has 0 unspecified atom stereocenters. The Morgan fingerprint density at radius 3 is 2.90 bits per heavy atom. The number of hydrogen-bond acceptors (Lipinski definition) is 8. The third-order valence-electron chi connectivity index (χ3n) is 6.32. The fourth-order valence-corrected chi connectivity index (χ4v) is 5.28. The van der Waals surface area contributed by atoms with E-state index in [0.29, 0.717) is 25.2 Å². The Morgan fingerprint density at radius 2 is 2.17 bits per heavy atom. The molecule has 0 aliphatic carbocycles. The molecule has 30 heavy (non-hydrogen) atoms. The minimum Gasteiger partial charge on any atom is -0.462 e. The van der Waals surface area contributed by atoms with Crippen molar-refractivity contribution in [1.82, 2.24) is 25.1 Å². The molecule has 1 N–H and O–H groups in total. The van der Waals surface area contributed by atoms with E-state index in [1.807, 2.05) is 4.90 Å². The molecule has 0 bridgehead atoms. The minimum atomic E-state index is 0.00740. The van der Waals surface area contributed by atoms with E-state index in [2.05, 4.69) is 40.0 Å². The first kappa shape index (κ1) is 21.4. The molecule has 0 radical (unpaired) electrons. The van der Waals surface area contributed by atoms with Gasteiger partial charge in [0, 0.05) is 50.1 Å². The van der Waals surface area contributed by atoms with E-state index in [9.17, 15) is 4.79 Å². The topological polar surface area (TPSA) is 73.8 Å². The fraction of sp³-hybridized carbons (Fsp3) is 0.667. The lowest BCUT2D eigenvalue weighted by Gasteiger charge is -2.41. The van der Waals surface area contributed by atoms with Crippen molar-refractivity contribution < 1.29 is 9.53 Å². The van der Waals surface area contributed by atoms with Crippen molar-refractivity contribution in [2.24, 2.45) is 0 Å². The maximum atomic E-state index is 12.3. The molecule has 164 valence electrons. The summed E-state index contributed by atoms with van der Waals surface area (Å²) in [7, 11) is 2.15. The van der Waals surface area contributed by atoms with Gasteiger partial charge in [-0.25, -0.2) is 0 Å². The number of nitrogens with one attached hydrogen (secondary N) is 1. The third kappa shape index (κ3) is 4.43. The van der Waals surface area contributed by atoms with Crippen molar-refractivity contribution in [2.75, 3.05) is 56.7 Å². The van der Waals surface area contributed by atoms with Crippen molar-refractivity contribution >= 4 is 23.5 Å². The van der Waals surface area contributed by atoms with Gasteiger partial charge >= 0.3 is 6.01 Å². The molecule has 8 nitrogen and oxygen atoms in total. The van der Waals surface area contributed by atoms with E-state index in [1.165, 1.54) is 12.5 Å². The number of likely N-dealkylation sites (N-methyl/N-ethyl adjacent to an activating group) is 1. The van der Waals surface area contributed by atoms with E-state index in [1.54, 1.807) is 11.8 Å². The van der Waals surface area contributed by atoms with Gasteiger partial charge in [-0.05, 0) is 38.8 Å². The van der Waals surface area contributed by atoms with E-state index in [0.717, 1.165) is 62.0 Å². The van der Waals surface area contributed by atoms with Crippen molar-refractivity contribution in [3.05, 3.63) is 23.9 Å². The zero-order chi connectivity index (χ0) is 21.1. The number of anilines is 1. The van der Waals surface area contributed by atoms with Gasteiger partial charge < -0.3 is 24.8 Å². The summed E-state index contributed by atoms with van der Waals surface area (Å²) in [5.41, 5.74) is 2.19. The first-order valence-electron chi connectivity index (χ1n) is 10.7. The van der Waals surface area contributed by atoms with Crippen LogP contribution in [-0.2, 0) is 17.9 Å². The van der Waals surface area contributed by atoms with Crippen molar-refractivity contribution in [3.8, 4) is 6.01 Å². The molecule has 2 atom stereocenters. The molecule has 9 heteroatoms. The normalized spacial score (nSPS) is 24.2. The number of hydrogen-bond donors (Lipinski definition) is 1. The van der Waals surface area contributed by atoms with E-state index >= 15 is 0 Å². The second-order valence-electron chi connectivity index (χ2n) is 8.24. The van der Waals surface area contributed by atoms with Gasteiger partial charge in [-0.15, -0.1) is 0 Å². The molecule has 1 amide bonds. The number of aromatic nitrogens is 2. The van der Waals surface area contributed by atoms with Crippen LogP contribution < -0.4 is 15.0 Å². The van der Waals surface area contributed by atoms with Crippen LogP contribution in [0.15, 0.2) is 12.7 Å². The molecule has 2 saturated heterocycles. The summed E-state index contributed by atoms with van der Waals surface area (Å²) in [6, 6.07) is 1.04. The number of carbonyl (C=O) groups excluding carboxylic acids is 1. The van der Waals surface area contributed by atoms with Gasteiger partial charge in [0.15, 0.2) is 0 Å². The van der Waals surface area contributed by atoms with Crippen LogP contribution in [0, 0.1) is 0 Å². The van der Waals surface area contributed by atoms with Gasteiger partial charge in [0.2, 0.25) is 5.91 Å². The van der Waals surface area contributed by atoms with Crippen LogP contribution in [0.1, 0.15) is 24.1 Å². The highest BCUT2D eigenvalue weighted by Crippen LogP contribution is 2.29. The Hall–Kier alpha value is -1.84. The molecule has 0 aromatic carbocycles. The van der Waals surface area contributed by atoms with Crippen molar-refractivity contribution in [3.63, 3.8) is 0 Å². The Labute approximate surface area is 183 Å². The van der Waals surface area contributed by atoms with Crippen LogP contribution in [0.4, 0.5) is 5.82 Å². The smallest absolute Gasteiger partial charge is 0.318 e. The SMILES string of the molecule is C=CC(=O)N1CCN(c2nc(OC[C@@H]3CCCN3C)nc3c2CNC3)C[C@@H]1CSC. The molecule has 4 heterocycles. The first-order chi connectivity index (χ1) is 14.6. The Bertz CT molecular complexity index is 791. The van der Waals surface area contributed by atoms with E-state index in [4.69, 9.17) is 9.72 Å². The predicted octanol–water partition coefficient (Wildman–Crippen LogP) is 1.12. The third-order valence-corrected chi connectivity index (χ3v) is 7.04. The molecule has 3 aliphatic heterocycles. The standard InChI is InChI=1S/C21H32N6O2S/c1-4-19(28)27-9-8-26(12-16(27)14-30-3)20-17-10-22-11-18(17)23-21(24-20)29-13-15-6-5-7-25(15)2/h4,15-16,22H,1,5-14H2,2-3H3/t15-,16+/m0/s1. The number of thioether (sulfide) groups is 1. The molecule has 2 fully saturated rings. The number of ether oxygens (including phenoxy) is 1. The molecule has 3 aliphatic rings. The molecular weight excluding hydrogens is 400 g/mol. The molecule has 0 spiro atoms. The summed E-state index contributed by atoms with van der Waals surface area (Å²) in [6.07, 6.45) is 5.87.